The Kier molecular flexibility index (Phi) is 3.26. The molecule has 3 rings (SSSR count). The Balaban J connectivity index is 2.02. The van der Waals surface area contributed by atoms with Crippen LogP contribution < -0.4 is 0 Å². The molecule has 0 unspecified atom stereocenters. The van der Waals surface area contributed by atoms with Crippen molar-refractivity contribution in [1.29, 1.82) is 0 Å². The van der Waals surface area contributed by atoms with Gasteiger partial charge in [0.2, 0.25) is 0 Å². The number of rotatable bonds is 2. The lowest BCUT2D eigenvalue weighted by Gasteiger charge is -2.34. The third-order valence-electron chi connectivity index (χ3n) is 3.98. The van der Waals surface area contributed by atoms with Gasteiger partial charge in [-0.2, -0.15) is 0 Å². The lowest BCUT2D eigenvalue weighted by molar-refractivity contribution is -0.100. The first-order chi connectivity index (χ1) is 8.75. The molecule has 1 saturated heterocycles. The molecule has 5 heteroatoms. The molecule has 0 aromatic carbocycles. The molecule has 2 aliphatic rings. The molecular formula is C13H17ClN2O2. The van der Waals surface area contributed by atoms with Gasteiger partial charge in [0, 0.05) is 44.4 Å². The second kappa shape index (κ2) is 4.76. The molecule has 1 fully saturated rings. The predicted octanol–water partition coefficient (Wildman–Crippen LogP) is 2.27. The standard InChI is InChI=1S/C13H17ClN2O2/c1-17-13(5-7-18-8-6-13)12-15-10-4-2-3-9(10)11(14)16-12/h2-8H2,1H3. The topological polar surface area (TPSA) is 44.2 Å². The molecule has 1 aliphatic carbocycles. The van der Waals surface area contributed by atoms with Crippen molar-refractivity contribution in [3.63, 3.8) is 0 Å². The zero-order valence-electron chi connectivity index (χ0n) is 10.5. The largest absolute Gasteiger partial charge is 0.381 e. The molecular weight excluding hydrogens is 252 g/mol. The third-order valence-corrected chi connectivity index (χ3v) is 4.29. The summed E-state index contributed by atoms with van der Waals surface area (Å²) in [7, 11) is 1.72. The van der Waals surface area contributed by atoms with Crippen molar-refractivity contribution in [2.75, 3.05) is 20.3 Å². The summed E-state index contributed by atoms with van der Waals surface area (Å²) in [5.74, 6) is 0.735. The van der Waals surface area contributed by atoms with Crippen LogP contribution in [-0.4, -0.2) is 30.3 Å². The summed E-state index contributed by atoms with van der Waals surface area (Å²) >= 11 is 6.28. The van der Waals surface area contributed by atoms with E-state index in [0.717, 1.165) is 49.2 Å². The molecule has 1 aromatic heterocycles. The van der Waals surface area contributed by atoms with E-state index in [9.17, 15) is 0 Å². The molecule has 0 atom stereocenters. The molecule has 4 nitrogen and oxygen atoms in total. The lowest BCUT2D eigenvalue weighted by atomic mass is 9.93. The Hall–Kier alpha value is -0.710. The normalized spacial score (nSPS) is 21.9. The van der Waals surface area contributed by atoms with Crippen LogP contribution in [0.3, 0.4) is 0 Å². The lowest BCUT2D eigenvalue weighted by Crippen LogP contribution is -2.37. The van der Waals surface area contributed by atoms with Crippen molar-refractivity contribution in [3.8, 4) is 0 Å². The maximum absolute atomic E-state index is 6.28. The van der Waals surface area contributed by atoms with E-state index in [4.69, 9.17) is 26.1 Å². The van der Waals surface area contributed by atoms with Gasteiger partial charge in [0.1, 0.15) is 10.8 Å². The summed E-state index contributed by atoms with van der Waals surface area (Å²) < 4.78 is 11.1. The predicted molar refractivity (Wildman–Crippen MR) is 67.8 cm³/mol. The third kappa shape index (κ3) is 1.92. The van der Waals surface area contributed by atoms with Crippen molar-refractivity contribution in [2.45, 2.75) is 37.7 Å². The number of methoxy groups -OCH3 is 1. The van der Waals surface area contributed by atoms with Crippen LogP contribution in [0.1, 0.15) is 36.3 Å². The average Bonchev–Trinajstić information content (AvgIpc) is 2.88. The first kappa shape index (κ1) is 12.3. The molecule has 1 aromatic rings. The quantitative estimate of drug-likeness (QED) is 0.772. The molecule has 0 bridgehead atoms. The van der Waals surface area contributed by atoms with E-state index in [0.29, 0.717) is 18.4 Å². The molecule has 0 radical (unpaired) electrons. The minimum atomic E-state index is -0.417. The van der Waals surface area contributed by atoms with Crippen LogP contribution in [0.15, 0.2) is 0 Å². The second-order valence-electron chi connectivity index (χ2n) is 4.93. The SMILES string of the molecule is COC1(c2nc(Cl)c3c(n2)CCC3)CCOCC1. The maximum Gasteiger partial charge on any atom is 0.162 e. The van der Waals surface area contributed by atoms with Gasteiger partial charge in [0.25, 0.3) is 0 Å². The Bertz CT molecular complexity index is 459. The van der Waals surface area contributed by atoms with Gasteiger partial charge in [-0.25, -0.2) is 9.97 Å². The van der Waals surface area contributed by atoms with E-state index in [1.165, 1.54) is 0 Å². The number of nitrogens with zero attached hydrogens (tertiary/aromatic N) is 2. The summed E-state index contributed by atoms with van der Waals surface area (Å²) in [5.41, 5.74) is 1.81. The summed E-state index contributed by atoms with van der Waals surface area (Å²) in [6, 6.07) is 0. The van der Waals surface area contributed by atoms with Gasteiger partial charge in [-0.15, -0.1) is 0 Å². The van der Waals surface area contributed by atoms with Gasteiger partial charge >= 0.3 is 0 Å². The number of halogens is 1. The van der Waals surface area contributed by atoms with E-state index in [2.05, 4.69) is 4.98 Å². The van der Waals surface area contributed by atoms with Gasteiger partial charge in [-0.1, -0.05) is 11.6 Å². The van der Waals surface area contributed by atoms with Gasteiger partial charge < -0.3 is 9.47 Å². The van der Waals surface area contributed by atoms with Crippen LogP contribution in [0.4, 0.5) is 0 Å². The highest BCUT2D eigenvalue weighted by Crippen LogP contribution is 2.36. The first-order valence-corrected chi connectivity index (χ1v) is 6.82. The van der Waals surface area contributed by atoms with Gasteiger partial charge in [-0.3, -0.25) is 0 Å². The maximum atomic E-state index is 6.28. The second-order valence-corrected chi connectivity index (χ2v) is 5.29. The van der Waals surface area contributed by atoms with Crippen molar-refractivity contribution in [2.24, 2.45) is 0 Å². The molecule has 0 spiro atoms. The van der Waals surface area contributed by atoms with E-state index in [1.54, 1.807) is 7.11 Å². The Morgan fingerprint density at radius 3 is 2.72 bits per heavy atom. The van der Waals surface area contributed by atoms with E-state index in [1.807, 2.05) is 0 Å². The highest BCUT2D eigenvalue weighted by molar-refractivity contribution is 6.30. The summed E-state index contributed by atoms with van der Waals surface area (Å²) in [4.78, 5) is 9.19. The first-order valence-electron chi connectivity index (χ1n) is 6.44. The minimum Gasteiger partial charge on any atom is -0.381 e. The fourth-order valence-corrected chi connectivity index (χ4v) is 3.09. The number of hydrogen-bond acceptors (Lipinski definition) is 4. The number of fused-ring (bicyclic) bond motifs is 1. The van der Waals surface area contributed by atoms with E-state index in [-0.39, 0.29) is 0 Å². The fourth-order valence-electron chi connectivity index (χ4n) is 2.81. The van der Waals surface area contributed by atoms with Crippen LogP contribution in [0.2, 0.25) is 5.15 Å². The highest BCUT2D eigenvalue weighted by Gasteiger charge is 2.38. The zero-order chi connectivity index (χ0) is 12.6. The summed E-state index contributed by atoms with van der Waals surface area (Å²) in [5, 5.41) is 0.607. The van der Waals surface area contributed by atoms with Gasteiger partial charge in [-0.05, 0) is 19.3 Å². The highest BCUT2D eigenvalue weighted by atomic mass is 35.5. The Labute approximate surface area is 112 Å². The number of ether oxygens (including phenoxy) is 2. The van der Waals surface area contributed by atoms with Crippen molar-refractivity contribution < 1.29 is 9.47 Å². The van der Waals surface area contributed by atoms with Crippen molar-refractivity contribution in [1.82, 2.24) is 9.97 Å². The van der Waals surface area contributed by atoms with Crippen molar-refractivity contribution in [3.05, 3.63) is 22.2 Å². The monoisotopic (exact) mass is 268 g/mol. The molecule has 0 saturated carbocycles. The van der Waals surface area contributed by atoms with Crippen LogP contribution in [0.25, 0.3) is 0 Å². The Morgan fingerprint density at radius 2 is 2.00 bits per heavy atom. The Morgan fingerprint density at radius 1 is 1.22 bits per heavy atom. The number of aromatic nitrogens is 2. The minimum absolute atomic E-state index is 0.417. The van der Waals surface area contributed by atoms with Crippen molar-refractivity contribution >= 4 is 11.6 Å². The van der Waals surface area contributed by atoms with E-state index >= 15 is 0 Å². The molecule has 0 amide bonds. The number of hydrogen-bond donors (Lipinski definition) is 0. The fraction of sp³-hybridized carbons (Fsp3) is 0.692. The molecule has 1 aliphatic heterocycles. The van der Waals surface area contributed by atoms with E-state index < -0.39 is 5.60 Å². The van der Waals surface area contributed by atoms with Crippen LogP contribution >= 0.6 is 11.6 Å². The smallest absolute Gasteiger partial charge is 0.162 e. The van der Waals surface area contributed by atoms with Crippen LogP contribution in [0, 0.1) is 0 Å². The molecule has 0 N–H and O–H groups in total. The summed E-state index contributed by atoms with van der Waals surface area (Å²) in [6.45, 7) is 1.37. The number of aryl methyl sites for hydroxylation is 1. The molecule has 18 heavy (non-hydrogen) atoms. The average molecular weight is 269 g/mol. The van der Waals surface area contributed by atoms with Gasteiger partial charge in [0.05, 0.1) is 0 Å². The molecule has 2 heterocycles. The van der Waals surface area contributed by atoms with Crippen LogP contribution in [-0.2, 0) is 27.9 Å². The summed E-state index contributed by atoms with van der Waals surface area (Å²) in [6.07, 6.45) is 4.70. The van der Waals surface area contributed by atoms with Gasteiger partial charge in [0.15, 0.2) is 5.82 Å². The van der Waals surface area contributed by atoms with Crippen LogP contribution in [0.5, 0.6) is 0 Å². The zero-order valence-corrected chi connectivity index (χ0v) is 11.3. The molecule has 98 valence electrons.